The topological polar surface area (TPSA) is 82.3 Å². The van der Waals surface area contributed by atoms with Crippen LogP contribution >= 0.6 is 0 Å². The highest BCUT2D eigenvalue weighted by molar-refractivity contribution is 5.91. The number of rotatable bonds is 2. The highest BCUT2D eigenvalue weighted by Crippen LogP contribution is 2.27. The van der Waals surface area contributed by atoms with Crippen LogP contribution in [-0.2, 0) is 4.79 Å². The number of esters is 1. The highest BCUT2D eigenvalue weighted by Gasteiger charge is 2.12. The normalized spacial score (nSPS) is 10.2. The second-order valence-electron chi connectivity index (χ2n) is 3.37. The number of carbonyl (C=O) groups is 1. The summed E-state index contributed by atoms with van der Waals surface area (Å²) in [5.41, 5.74) is -0.0432. The van der Waals surface area contributed by atoms with Crippen molar-refractivity contribution in [1.82, 2.24) is 4.98 Å². The number of pyridine rings is 1. The minimum Gasteiger partial charge on any atom is -0.408 e. The maximum absolute atomic E-state index is 10.8. The van der Waals surface area contributed by atoms with E-state index in [-0.39, 0.29) is 11.6 Å². The molecule has 86 valence electrons. The number of non-ortho nitro benzene ring substituents is 1. The van der Waals surface area contributed by atoms with Crippen LogP contribution in [0.1, 0.15) is 6.92 Å². The molecule has 0 saturated heterocycles. The van der Waals surface area contributed by atoms with E-state index >= 15 is 0 Å². The Labute approximate surface area is 96.0 Å². The number of carbonyl (C=O) groups excluding carboxylic acids is 1. The monoisotopic (exact) mass is 232 g/mol. The second kappa shape index (κ2) is 4.17. The van der Waals surface area contributed by atoms with Crippen molar-refractivity contribution in [2.75, 3.05) is 0 Å². The van der Waals surface area contributed by atoms with Crippen molar-refractivity contribution < 1.29 is 14.5 Å². The molecule has 0 fully saturated rings. The second-order valence-corrected chi connectivity index (χ2v) is 3.37. The van der Waals surface area contributed by atoms with Gasteiger partial charge in [0.05, 0.1) is 10.3 Å². The number of hydrogen-bond donors (Lipinski definition) is 0. The molecule has 0 radical (unpaired) electrons. The van der Waals surface area contributed by atoms with Crippen molar-refractivity contribution >= 4 is 22.4 Å². The Morgan fingerprint density at radius 2 is 2.24 bits per heavy atom. The van der Waals surface area contributed by atoms with E-state index in [1.165, 1.54) is 25.3 Å². The van der Waals surface area contributed by atoms with E-state index in [1.54, 1.807) is 12.1 Å². The Kier molecular flexibility index (Phi) is 2.70. The number of hydrogen-bond acceptors (Lipinski definition) is 5. The van der Waals surface area contributed by atoms with Crippen LogP contribution in [0.2, 0.25) is 0 Å². The van der Waals surface area contributed by atoms with Gasteiger partial charge in [0.2, 0.25) is 5.88 Å². The van der Waals surface area contributed by atoms with E-state index in [9.17, 15) is 14.9 Å². The molecular formula is C11H8N2O4. The summed E-state index contributed by atoms with van der Waals surface area (Å²) in [4.78, 5) is 25.0. The number of nitrogens with zero attached hydrogens (tertiary/aromatic N) is 2. The molecule has 1 aromatic carbocycles. The van der Waals surface area contributed by atoms with Gasteiger partial charge < -0.3 is 4.74 Å². The van der Waals surface area contributed by atoms with Crippen molar-refractivity contribution in [3.05, 3.63) is 40.6 Å². The number of nitro groups is 1. The Balaban J connectivity index is 2.61. The number of benzene rings is 1. The summed E-state index contributed by atoms with van der Waals surface area (Å²) in [6.45, 7) is 1.24. The van der Waals surface area contributed by atoms with E-state index in [2.05, 4.69) is 4.98 Å². The highest BCUT2D eigenvalue weighted by atomic mass is 16.6. The largest absolute Gasteiger partial charge is 0.408 e. The smallest absolute Gasteiger partial charge is 0.309 e. The molecule has 1 heterocycles. The molecule has 0 spiro atoms. The number of nitro benzene ring substituents is 1. The van der Waals surface area contributed by atoms with Crippen LogP contribution < -0.4 is 4.74 Å². The maximum Gasteiger partial charge on any atom is 0.309 e. The van der Waals surface area contributed by atoms with Crippen LogP contribution in [0.4, 0.5) is 5.69 Å². The molecule has 0 N–H and O–H groups in total. The van der Waals surface area contributed by atoms with Crippen LogP contribution in [0.25, 0.3) is 10.8 Å². The van der Waals surface area contributed by atoms with Gasteiger partial charge in [-0.05, 0) is 0 Å². The fourth-order valence-corrected chi connectivity index (χ4v) is 1.50. The molecule has 6 nitrogen and oxygen atoms in total. The molecule has 0 atom stereocenters. The van der Waals surface area contributed by atoms with Gasteiger partial charge in [-0.2, -0.15) is 0 Å². The first kappa shape index (κ1) is 11.0. The minimum absolute atomic E-state index is 0.0432. The molecule has 0 unspecified atom stereocenters. The quantitative estimate of drug-likeness (QED) is 0.449. The summed E-state index contributed by atoms with van der Waals surface area (Å²) in [5, 5.41) is 11.8. The average molecular weight is 232 g/mol. The molecule has 17 heavy (non-hydrogen) atoms. The third-order valence-electron chi connectivity index (χ3n) is 2.16. The fourth-order valence-electron chi connectivity index (χ4n) is 1.50. The van der Waals surface area contributed by atoms with Gasteiger partial charge in [-0.15, -0.1) is 0 Å². The molecule has 0 aliphatic heterocycles. The van der Waals surface area contributed by atoms with E-state index < -0.39 is 10.9 Å². The van der Waals surface area contributed by atoms with Gasteiger partial charge >= 0.3 is 5.97 Å². The summed E-state index contributed by atoms with van der Waals surface area (Å²) in [7, 11) is 0. The number of ether oxygens (including phenoxy) is 1. The third-order valence-corrected chi connectivity index (χ3v) is 2.16. The van der Waals surface area contributed by atoms with Gasteiger partial charge in [0, 0.05) is 30.6 Å². The predicted octanol–water partition coefficient (Wildman–Crippen LogP) is 2.07. The summed E-state index contributed by atoms with van der Waals surface area (Å²) in [6, 6.07) is 6.05. The molecule has 0 amide bonds. The molecule has 0 aliphatic carbocycles. The van der Waals surface area contributed by atoms with Gasteiger partial charge in [-0.3, -0.25) is 14.9 Å². The molecule has 0 bridgehead atoms. The molecule has 1 aromatic heterocycles. The van der Waals surface area contributed by atoms with Crippen molar-refractivity contribution in [1.29, 1.82) is 0 Å². The molecule has 0 aliphatic rings. The maximum atomic E-state index is 10.8. The van der Waals surface area contributed by atoms with Crippen LogP contribution in [-0.4, -0.2) is 15.9 Å². The first-order chi connectivity index (χ1) is 8.08. The lowest BCUT2D eigenvalue weighted by Crippen LogP contribution is -2.03. The van der Waals surface area contributed by atoms with Crippen molar-refractivity contribution in [3.63, 3.8) is 0 Å². The zero-order valence-corrected chi connectivity index (χ0v) is 8.91. The number of aromatic nitrogens is 1. The molecule has 6 heteroatoms. The van der Waals surface area contributed by atoms with E-state index in [0.29, 0.717) is 10.8 Å². The summed E-state index contributed by atoms with van der Waals surface area (Å²) in [6.07, 6.45) is 1.43. The predicted molar refractivity (Wildman–Crippen MR) is 59.7 cm³/mol. The van der Waals surface area contributed by atoms with Crippen molar-refractivity contribution in [2.45, 2.75) is 6.92 Å². The van der Waals surface area contributed by atoms with Gasteiger partial charge in [0.1, 0.15) is 0 Å². The molecule has 2 aromatic rings. The van der Waals surface area contributed by atoms with Gasteiger partial charge in [0.15, 0.2) is 0 Å². The number of fused-ring (bicyclic) bond motifs is 1. The first-order valence-electron chi connectivity index (χ1n) is 4.79. The lowest BCUT2D eigenvalue weighted by atomic mass is 10.1. The van der Waals surface area contributed by atoms with E-state index in [1.807, 2.05) is 0 Å². The zero-order valence-electron chi connectivity index (χ0n) is 8.91. The first-order valence-corrected chi connectivity index (χ1v) is 4.79. The van der Waals surface area contributed by atoms with Gasteiger partial charge in [-0.25, -0.2) is 4.98 Å². The lowest BCUT2D eigenvalue weighted by Gasteiger charge is -2.02. The zero-order chi connectivity index (χ0) is 12.4. The van der Waals surface area contributed by atoms with Crippen LogP contribution in [0, 0.1) is 10.1 Å². The van der Waals surface area contributed by atoms with Gasteiger partial charge in [0.25, 0.3) is 5.69 Å². The minimum atomic E-state index is -0.518. The fraction of sp³-hybridized carbons (Fsp3) is 0.0909. The van der Waals surface area contributed by atoms with E-state index in [0.717, 1.165) is 0 Å². The summed E-state index contributed by atoms with van der Waals surface area (Å²) >= 11 is 0. The average Bonchev–Trinajstić information content (AvgIpc) is 2.27. The third kappa shape index (κ3) is 2.20. The van der Waals surface area contributed by atoms with Crippen molar-refractivity contribution in [2.24, 2.45) is 0 Å². The Bertz CT molecular complexity index is 609. The molecular weight excluding hydrogens is 224 g/mol. The van der Waals surface area contributed by atoms with Crippen molar-refractivity contribution in [3.8, 4) is 5.88 Å². The standard InChI is InChI=1S/C11H8N2O4/c1-7(14)17-11-5-9-8(6-12-11)3-2-4-10(9)13(15)16/h2-6H,1H3. The summed E-state index contributed by atoms with van der Waals surface area (Å²) in [5.74, 6) is -0.463. The van der Waals surface area contributed by atoms with Crippen LogP contribution in [0.3, 0.4) is 0 Å². The lowest BCUT2D eigenvalue weighted by molar-refractivity contribution is -0.383. The Morgan fingerprint density at radius 1 is 1.47 bits per heavy atom. The SMILES string of the molecule is CC(=O)Oc1cc2c([N+](=O)[O-])cccc2cn1. The van der Waals surface area contributed by atoms with Crippen LogP contribution in [0.5, 0.6) is 5.88 Å². The molecule has 0 saturated carbocycles. The van der Waals surface area contributed by atoms with Gasteiger partial charge in [-0.1, -0.05) is 12.1 Å². The van der Waals surface area contributed by atoms with E-state index in [4.69, 9.17) is 4.74 Å². The van der Waals surface area contributed by atoms with Crippen LogP contribution in [0.15, 0.2) is 30.5 Å². The summed E-state index contributed by atoms with van der Waals surface area (Å²) < 4.78 is 4.78. The Hall–Kier alpha value is -2.50. The molecule has 2 rings (SSSR count). The Morgan fingerprint density at radius 3 is 2.88 bits per heavy atom.